The van der Waals surface area contributed by atoms with E-state index in [1.807, 2.05) is 0 Å². The molecule has 0 bridgehead atoms. The van der Waals surface area contributed by atoms with Gasteiger partial charge in [-0.2, -0.15) is 10.2 Å². The van der Waals surface area contributed by atoms with E-state index in [9.17, 15) is 22.8 Å². The van der Waals surface area contributed by atoms with Gasteiger partial charge in [0.15, 0.2) is 0 Å². The Hall–Kier alpha value is -4.06. The molecule has 0 saturated heterocycles. The average Bonchev–Trinajstić information content (AvgIpc) is 3.08. The molecule has 0 aromatic heterocycles. The number of rotatable bonds is 7. The summed E-state index contributed by atoms with van der Waals surface area (Å²) in [4.78, 5) is 38.8. The predicted molar refractivity (Wildman–Crippen MR) is 138 cm³/mol. The second-order valence-corrected chi connectivity index (χ2v) is 10.2. The van der Waals surface area contributed by atoms with Gasteiger partial charge in [-0.25, -0.2) is 23.6 Å². The number of benzene rings is 3. The SMILES string of the molecule is O=C(N/N=C/c1ccc(Cl)cc1)C(C(=O)N/N=C/c1ccc(Cl)cc1)N1C(=O)c2ccccc2S1(=O)=O. The fourth-order valence-electron chi connectivity index (χ4n) is 3.35. The number of sulfonamides is 1. The zero-order valence-electron chi connectivity index (χ0n) is 18.7. The molecule has 0 unspecified atom stereocenters. The highest BCUT2D eigenvalue weighted by atomic mass is 35.5. The van der Waals surface area contributed by atoms with Gasteiger partial charge in [-0.1, -0.05) is 59.6 Å². The molecule has 10 nitrogen and oxygen atoms in total. The van der Waals surface area contributed by atoms with Crippen LogP contribution in [0.2, 0.25) is 10.0 Å². The molecule has 0 saturated carbocycles. The third kappa shape index (κ3) is 5.69. The number of halogens is 2. The lowest BCUT2D eigenvalue weighted by atomic mass is 10.2. The van der Waals surface area contributed by atoms with Gasteiger partial charge in [0.2, 0.25) is 6.04 Å². The third-order valence-electron chi connectivity index (χ3n) is 5.10. The number of hydrazone groups is 2. The minimum atomic E-state index is -4.52. The van der Waals surface area contributed by atoms with Crippen LogP contribution in [-0.2, 0) is 19.6 Å². The normalized spacial score (nSPS) is 14.4. The van der Waals surface area contributed by atoms with Crippen molar-refractivity contribution in [3.8, 4) is 0 Å². The Morgan fingerprint density at radius 1 is 0.784 bits per heavy atom. The molecule has 0 atom stereocenters. The molecule has 0 spiro atoms. The minimum absolute atomic E-state index is 0.164. The molecule has 37 heavy (non-hydrogen) atoms. The quantitative estimate of drug-likeness (QED) is 0.261. The van der Waals surface area contributed by atoms with Gasteiger partial charge in [-0.15, -0.1) is 0 Å². The number of amides is 3. The van der Waals surface area contributed by atoms with E-state index in [2.05, 4.69) is 21.1 Å². The average molecular weight is 558 g/mol. The summed E-state index contributed by atoms with van der Waals surface area (Å²) >= 11 is 11.7. The van der Waals surface area contributed by atoms with Gasteiger partial charge in [0.25, 0.3) is 27.7 Å². The van der Waals surface area contributed by atoms with Crippen molar-refractivity contribution in [2.24, 2.45) is 10.2 Å². The van der Waals surface area contributed by atoms with Crippen molar-refractivity contribution in [3.05, 3.63) is 99.5 Å². The highest BCUT2D eigenvalue weighted by Crippen LogP contribution is 2.32. The maximum absolute atomic E-state index is 13.1. The number of carbonyl (C=O) groups excluding carboxylic acids is 3. The van der Waals surface area contributed by atoms with Gasteiger partial charge in [-0.05, 0) is 47.5 Å². The second-order valence-electron chi connectivity index (χ2n) is 7.58. The molecule has 3 aromatic carbocycles. The molecule has 188 valence electrons. The zero-order chi connectivity index (χ0) is 26.6. The van der Waals surface area contributed by atoms with Gasteiger partial charge in [0, 0.05) is 10.0 Å². The van der Waals surface area contributed by atoms with Gasteiger partial charge >= 0.3 is 0 Å². The van der Waals surface area contributed by atoms with Crippen molar-refractivity contribution in [1.29, 1.82) is 0 Å². The maximum Gasteiger partial charge on any atom is 0.273 e. The molecule has 0 aliphatic carbocycles. The van der Waals surface area contributed by atoms with E-state index in [0.29, 0.717) is 21.2 Å². The zero-order valence-corrected chi connectivity index (χ0v) is 21.0. The van der Waals surface area contributed by atoms with Crippen LogP contribution in [0, 0.1) is 0 Å². The van der Waals surface area contributed by atoms with Crippen molar-refractivity contribution >= 4 is 63.4 Å². The van der Waals surface area contributed by atoms with Crippen molar-refractivity contribution in [3.63, 3.8) is 0 Å². The van der Waals surface area contributed by atoms with Crippen LogP contribution < -0.4 is 10.9 Å². The first-order valence-corrected chi connectivity index (χ1v) is 12.7. The summed E-state index contributed by atoms with van der Waals surface area (Å²) in [6.45, 7) is 0. The molecular formula is C24H17Cl2N5O5S. The monoisotopic (exact) mass is 557 g/mol. The highest BCUT2D eigenvalue weighted by Gasteiger charge is 2.50. The molecule has 2 N–H and O–H groups in total. The van der Waals surface area contributed by atoms with Gasteiger partial charge < -0.3 is 0 Å². The van der Waals surface area contributed by atoms with Crippen molar-refractivity contribution in [1.82, 2.24) is 15.2 Å². The van der Waals surface area contributed by atoms with E-state index in [-0.39, 0.29) is 14.8 Å². The van der Waals surface area contributed by atoms with E-state index in [1.165, 1.54) is 36.7 Å². The number of hydrogen-bond acceptors (Lipinski definition) is 7. The Kier molecular flexibility index (Phi) is 7.67. The third-order valence-corrected chi connectivity index (χ3v) is 7.41. The molecule has 1 aliphatic heterocycles. The Morgan fingerprint density at radius 2 is 1.24 bits per heavy atom. The number of nitrogens with one attached hydrogen (secondary N) is 2. The topological polar surface area (TPSA) is 137 Å². The van der Waals surface area contributed by atoms with Crippen LogP contribution in [0.5, 0.6) is 0 Å². The molecule has 0 radical (unpaired) electrons. The van der Waals surface area contributed by atoms with E-state index in [4.69, 9.17) is 23.2 Å². The van der Waals surface area contributed by atoms with E-state index >= 15 is 0 Å². The van der Waals surface area contributed by atoms with Crippen molar-refractivity contribution in [2.45, 2.75) is 10.9 Å². The van der Waals surface area contributed by atoms with E-state index in [1.54, 1.807) is 48.5 Å². The minimum Gasteiger partial charge on any atom is -0.270 e. The summed E-state index contributed by atoms with van der Waals surface area (Å²) in [5.74, 6) is -3.38. The van der Waals surface area contributed by atoms with Crippen LogP contribution in [-0.4, -0.2) is 48.9 Å². The van der Waals surface area contributed by atoms with Crippen molar-refractivity contribution < 1.29 is 22.8 Å². The van der Waals surface area contributed by atoms with Crippen molar-refractivity contribution in [2.75, 3.05) is 0 Å². The summed E-state index contributed by atoms with van der Waals surface area (Å²) in [6.07, 6.45) is 2.52. The molecule has 1 heterocycles. The lowest BCUT2D eigenvalue weighted by molar-refractivity contribution is -0.134. The first-order chi connectivity index (χ1) is 17.7. The summed E-state index contributed by atoms with van der Waals surface area (Å²) in [5.41, 5.74) is 5.20. The van der Waals surface area contributed by atoms with Crippen LogP contribution in [0.25, 0.3) is 0 Å². The Labute approximate surface area is 221 Å². The molecule has 4 rings (SSSR count). The maximum atomic E-state index is 13.1. The fraction of sp³-hybridized carbons (Fsp3) is 0.0417. The molecule has 3 amide bonds. The van der Waals surface area contributed by atoms with Gasteiger partial charge in [-0.3, -0.25) is 14.4 Å². The van der Waals surface area contributed by atoms with Gasteiger partial charge in [0.05, 0.1) is 18.0 Å². The lowest BCUT2D eigenvalue weighted by Crippen LogP contribution is -2.55. The highest BCUT2D eigenvalue weighted by molar-refractivity contribution is 7.90. The molecule has 3 aromatic rings. The molecule has 13 heteroatoms. The molecular weight excluding hydrogens is 541 g/mol. The lowest BCUT2D eigenvalue weighted by Gasteiger charge is -2.23. The van der Waals surface area contributed by atoms with Crippen LogP contribution in [0.1, 0.15) is 21.5 Å². The summed E-state index contributed by atoms with van der Waals surface area (Å²) in [7, 11) is -4.52. The first-order valence-electron chi connectivity index (χ1n) is 10.5. The second kappa shape index (κ2) is 10.9. The summed E-state index contributed by atoms with van der Waals surface area (Å²) in [6, 6.07) is 16.2. The van der Waals surface area contributed by atoms with Gasteiger partial charge in [0.1, 0.15) is 4.90 Å². The standard InChI is InChI=1S/C24H17Cl2N5O5S/c25-17-9-5-15(6-10-17)13-27-29-22(32)21(23(33)30-28-14-16-7-11-18(26)12-8-16)31-24(34)19-3-1-2-4-20(19)37(31,35)36/h1-14,21H,(H,29,32)(H,30,33)/b27-13+,28-14+. The fourth-order valence-corrected chi connectivity index (χ4v) is 5.28. The number of carbonyl (C=O) groups is 3. The number of hydrogen-bond donors (Lipinski definition) is 2. The predicted octanol–water partition coefficient (Wildman–Crippen LogP) is 2.81. The van der Waals surface area contributed by atoms with Crippen LogP contribution in [0.15, 0.2) is 87.9 Å². The van der Waals surface area contributed by atoms with E-state index in [0.717, 1.165) is 0 Å². The first kappa shape index (κ1) is 26.0. The Bertz CT molecular complexity index is 1450. The van der Waals surface area contributed by atoms with E-state index < -0.39 is 33.8 Å². The Balaban J connectivity index is 1.60. The van der Waals surface area contributed by atoms with Crippen LogP contribution >= 0.6 is 23.2 Å². The number of nitrogens with zero attached hydrogens (tertiary/aromatic N) is 3. The smallest absolute Gasteiger partial charge is 0.270 e. The number of fused-ring (bicyclic) bond motifs is 1. The van der Waals surface area contributed by atoms with Crippen LogP contribution in [0.4, 0.5) is 0 Å². The largest absolute Gasteiger partial charge is 0.273 e. The summed E-state index contributed by atoms with van der Waals surface area (Å²) in [5, 5.41) is 8.53. The molecule has 1 aliphatic rings. The van der Waals surface area contributed by atoms with Crippen LogP contribution in [0.3, 0.4) is 0 Å². The summed E-state index contributed by atoms with van der Waals surface area (Å²) < 4.78 is 26.5. The molecule has 0 fully saturated rings. The Morgan fingerprint density at radius 3 is 1.70 bits per heavy atom.